The van der Waals surface area contributed by atoms with Crippen molar-refractivity contribution in [2.45, 2.75) is 31.2 Å². The fourth-order valence-electron chi connectivity index (χ4n) is 3.46. The normalized spacial score (nSPS) is 14.5. The van der Waals surface area contributed by atoms with Gasteiger partial charge in [-0.3, -0.25) is 4.79 Å². The van der Waals surface area contributed by atoms with Crippen LogP contribution in [-0.4, -0.2) is 30.4 Å². The van der Waals surface area contributed by atoms with Crippen LogP contribution in [0.5, 0.6) is 0 Å². The number of carbonyl (C=O) groups is 1. The number of nitrogens with one attached hydrogen (secondary N) is 1. The summed E-state index contributed by atoms with van der Waals surface area (Å²) in [6, 6.07) is 12.5. The Labute approximate surface area is 170 Å². The number of amides is 1. The molecule has 1 fully saturated rings. The van der Waals surface area contributed by atoms with Gasteiger partial charge in [0.25, 0.3) is 0 Å². The second-order valence-corrected chi connectivity index (χ2v) is 8.83. The zero-order valence-corrected chi connectivity index (χ0v) is 16.9. The van der Waals surface area contributed by atoms with Crippen LogP contribution in [0.15, 0.2) is 66.1 Å². The van der Waals surface area contributed by atoms with Gasteiger partial charge in [0.05, 0.1) is 11.2 Å². The molecule has 8 heteroatoms. The fourth-order valence-corrected chi connectivity index (χ4v) is 4.56. The largest absolute Gasteiger partial charge is 0.312 e. The topological polar surface area (TPSA) is 84.3 Å². The highest BCUT2D eigenvalue weighted by Gasteiger charge is 2.24. The predicted octanol–water partition coefficient (Wildman–Crippen LogP) is 2.79. The van der Waals surface area contributed by atoms with Crippen LogP contribution in [0.1, 0.15) is 24.0 Å². The second kappa shape index (κ2) is 7.81. The molecule has 0 bridgehead atoms. The minimum absolute atomic E-state index is 0.0842. The molecule has 4 rings (SSSR count). The van der Waals surface area contributed by atoms with Crippen molar-refractivity contribution in [3.05, 3.63) is 72.3 Å². The number of sulfonamides is 1. The number of imidazole rings is 1. The molecule has 0 unspecified atom stereocenters. The molecule has 1 N–H and O–H groups in total. The maximum absolute atomic E-state index is 12.7. The first-order chi connectivity index (χ1) is 13.9. The van der Waals surface area contributed by atoms with Crippen molar-refractivity contribution in [1.29, 1.82) is 0 Å². The van der Waals surface area contributed by atoms with Gasteiger partial charge in [-0.2, -0.15) is 0 Å². The molecule has 1 aliphatic heterocycles. The van der Waals surface area contributed by atoms with E-state index in [9.17, 15) is 13.2 Å². The summed E-state index contributed by atoms with van der Waals surface area (Å²) in [5, 5.41) is 0. The van der Waals surface area contributed by atoms with E-state index in [1.54, 1.807) is 35.6 Å². The summed E-state index contributed by atoms with van der Waals surface area (Å²) in [7, 11) is -3.66. The Bertz CT molecular complexity index is 1120. The summed E-state index contributed by atoms with van der Waals surface area (Å²) in [5.74, 6) is 0.0842. The van der Waals surface area contributed by atoms with Crippen LogP contribution >= 0.6 is 0 Å². The molecular weight excluding hydrogens is 388 g/mol. The molecule has 0 aliphatic carbocycles. The number of aromatic nitrogens is 2. The molecule has 0 saturated carbocycles. The summed E-state index contributed by atoms with van der Waals surface area (Å²) in [6.07, 6.45) is 6.63. The van der Waals surface area contributed by atoms with E-state index in [0.29, 0.717) is 13.0 Å². The Morgan fingerprint density at radius 1 is 1.14 bits per heavy atom. The summed E-state index contributed by atoms with van der Waals surface area (Å²) in [4.78, 5) is 17.9. The number of hydrogen-bond donors (Lipinski definition) is 1. The maximum atomic E-state index is 12.7. The van der Waals surface area contributed by atoms with Gasteiger partial charge in [-0.15, -0.1) is 0 Å². The molecule has 150 valence electrons. The standard InChI is InChI=1S/C21H22N4O3S/c1-16-13-19(8-9-20(16)25-11-2-3-21(25)26)29(27,28)23-14-17-4-6-18(7-5-17)24-12-10-22-15-24/h4-10,12-13,15,23H,2-3,11,14H2,1H3. The van der Waals surface area contributed by atoms with Crippen molar-refractivity contribution < 1.29 is 13.2 Å². The quantitative estimate of drug-likeness (QED) is 0.677. The Kier molecular flexibility index (Phi) is 5.21. The van der Waals surface area contributed by atoms with Crippen LogP contribution in [-0.2, 0) is 21.4 Å². The fraction of sp³-hybridized carbons (Fsp3) is 0.238. The van der Waals surface area contributed by atoms with Gasteiger partial charge < -0.3 is 9.47 Å². The van der Waals surface area contributed by atoms with Crippen LogP contribution in [0.3, 0.4) is 0 Å². The summed E-state index contributed by atoms with van der Waals surface area (Å²) in [6.45, 7) is 2.70. The van der Waals surface area contributed by atoms with Crippen molar-refractivity contribution in [2.75, 3.05) is 11.4 Å². The molecule has 2 aromatic carbocycles. The Morgan fingerprint density at radius 2 is 1.93 bits per heavy atom. The van der Waals surface area contributed by atoms with Gasteiger partial charge in [0.15, 0.2) is 0 Å². The van der Waals surface area contributed by atoms with E-state index < -0.39 is 10.0 Å². The monoisotopic (exact) mass is 410 g/mol. The number of hydrogen-bond acceptors (Lipinski definition) is 4. The predicted molar refractivity (Wildman–Crippen MR) is 110 cm³/mol. The lowest BCUT2D eigenvalue weighted by atomic mass is 10.2. The molecule has 1 amide bonds. The smallest absolute Gasteiger partial charge is 0.240 e. The third-order valence-corrected chi connectivity index (χ3v) is 6.45. The number of rotatable bonds is 6. The van der Waals surface area contributed by atoms with Crippen molar-refractivity contribution in [3.63, 3.8) is 0 Å². The summed E-state index contributed by atoms with van der Waals surface area (Å²) in [5.41, 5.74) is 3.36. The van der Waals surface area contributed by atoms with Gasteiger partial charge >= 0.3 is 0 Å². The Hall–Kier alpha value is -2.97. The van der Waals surface area contributed by atoms with E-state index in [1.807, 2.05) is 42.0 Å². The Balaban J connectivity index is 1.46. The van der Waals surface area contributed by atoms with Crippen LogP contribution in [0.2, 0.25) is 0 Å². The maximum Gasteiger partial charge on any atom is 0.240 e. The summed E-state index contributed by atoms with van der Waals surface area (Å²) >= 11 is 0. The van der Waals surface area contributed by atoms with Crippen molar-refractivity contribution in [1.82, 2.24) is 14.3 Å². The highest BCUT2D eigenvalue weighted by Crippen LogP contribution is 2.27. The van der Waals surface area contributed by atoms with Crippen LogP contribution in [0, 0.1) is 6.92 Å². The number of carbonyl (C=O) groups excluding carboxylic acids is 1. The minimum atomic E-state index is -3.66. The molecule has 3 aromatic rings. The molecule has 0 radical (unpaired) electrons. The van der Waals surface area contributed by atoms with E-state index in [1.165, 1.54) is 0 Å². The number of benzene rings is 2. The third-order valence-electron chi connectivity index (χ3n) is 5.05. The van der Waals surface area contributed by atoms with Gasteiger partial charge in [0, 0.05) is 43.3 Å². The van der Waals surface area contributed by atoms with Gasteiger partial charge in [-0.25, -0.2) is 18.1 Å². The van der Waals surface area contributed by atoms with E-state index in [2.05, 4.69) is 9.71 Å². The average Bonchev–Trinajstić information content (AvgIpc) is 3.39. The van der Waals surface area contributed by atoms with Gasteiger partial charge in [-0.1, -0.05) is 12.1 Å². The van der Waals surface area contributed by atoms with Gasteiger partial charge in [0.2, 0.25) is 15.9 Å². The molecule has 1 saturated heterocycles. The van der Waals surface area contributed by atoms with Gasteiger partial charge in [0.1, 0.15) is 0 Å². The minimum Gasteiger partial charge on any atom is -0.312 e. The number of nitrogens with zero attached hydrogens (tertiary/aromatic N) is 3. The average molecular weight is 410 g/mol. The lowest BCUT2D eigenvalue weighted by Gasteiger charge is -2.19. The lowest BCUT2D eigenvalue weighted by Crippen LogP contribution is -2.26. The van der Waals surface area contributed by atoms with Gasteiger partial charge in [-0.05, 0) is 54.8 Å². The SMILES string of the molecule is Cc1cc(S(=O)(=O)NCc2ccc(-n3ccnc3)cc2)ccc1N1CCCC1=O. The molecule has 0 atom stereocenters. The molecule has 7 nitrogen and oxygen atoms in total. The molecule has 0 spiro atoms. The number of anilines is 1. The molecule has 29 heavy (non-hydrogen) atoms. The van der Waals surface area contributed by atoms with Crippen molar-refractivity contribution >= 4 is 21.6 Å². The Morgan fingerprint density at radius 3 is 2.55 bits per heavy atom. The lowest BCUT2D eigenvalue weighted by molar-refractivity contribution is -0.117. The zero-order chi connectivity index (χ0) is 20.4. The van der Waals surface area contributed by atoms with E-state index in [4.69, 9.17) is 0 Å². The first kappa shape index (κ1) is 19.4. The molecule has 1 aromatic heterocycles. The van der Waals surface area contributed by atoms with E-state index in [0.717, 1.165) is 28.9 Å². The zero-order valence-electron chi connectivity index (χ0n) is 16.1. The third kappa shape index (κ3) is 4.08. The molecule has 1 aliphatic rings. The molecular formula is C21H22N4O3S. The molecule has 2 heterocycles. The number of aryl methyl sites for hydroxylation is 1. The first-order valence-electron chi connectivity index (χ1n) is 9.42. The van der Waals surface area contributed by atoms with Crippen LogP contribution in [0.25, 0.3) is 5.69 Å². The van der Waals surface area contributed by atoms with E-state index in [-0.39, 0.29) is 17.3 Å². The highest BCUT2D eigenvalue weighted by molar-refractivity contribution is 7.89. The van der Waals surface area contributed by atoms with Crippen LogP contribution < -0.4 is 9.62 Å². The highest BCUT2D eigenvalue weighted by atomic mass is 32.2. The summed E-state index contributed by atoms with van der Waals surface area (Å²) < 4.78 is 29.9. The van der Waals surface area contributed by atoms with E-state index >= 15 is 0 Å². The van der Waals surface area contributed by atoms with Crippen molar-refractivity contribution in [3.8, 4) is 5.69 Å². The first-order valence-corrected chi connectivity index (χ1v) is 10.9. The van der Waals surface area contributed by atoms with Crippen LogP contribution in [0.4, 0.5) is 5.69 Å². The van der Waals surface area contributed by atoms with Crippen molar-refractivity contribution in [2.24, 2.45) is 0 Å². The second-order valence-electron chi connectivity index (χ2n) is 7.06.